The highest BCUT2D eigenvalue weighted by molar-refractivity contribution is 4.81. The molecule has 1 saturated heterocycles. The van der Waals surface area contributed by atoms with Crippen molar-refractivity contribution < 1.29 is 4.74 Å². The van der Waals surface area contributed by atoms with E-state index in [1.807, 2.05) is 0 Å². The number of likely N-dealkylation sites (tertiary alicyclic amines) is 1. The van der Waals surface area contributed by atoms with Crippen LogP contribution in [0.1, 0.15) is 27.7 Å². The molecule has 0 amide bonds. The van der Waals surface area contributed by atoms with Gasteiger partial charge >= 0.3 is 0 Å². The SMILES string of the molecule is CC(C)OCCN1CC(C(C)C)C1. The summed E-state index contributed by atoms with van der Waals surface area (Å²) in [6.45, 7) is 13.4. The van der Waals surface area contributed by atoms with E-state index >= 15 is 0 Å². The van der Waals surface area contributed by atoms with Crippen LogP contribution in [-0.4, -0.2) is 37.2 Å². The largest absolute Gasteiger partial charge is 0.377 e. The van der Waals surface area contributed by atoms with Crippen LogP contribution in [0.2, 0.25) is 0 Å². The minimum Gasteiger partial charge on any atom is -0.377 e. The highest BCUT2D eigenvalue weighted by Gasteiger charge is 2.28. The smallest absolute Gasteiger partial charge is 0.0596 e. The van der Waals surface area contributed by atoms with Gasteiger partial charge in [-0.2, -0.15) is 0 Å². The van der Waals surface area contributed by atoms with E-state index in [1.54, 1.807) is 0 Å². The number of hydrogen-bond acceptors (Lipinski definition) is 2. The van der Waals surface area contributed by atoms with Crippen molar-refractivity contribution in [3.8, 4) is 0 Å². The fourth-order valence-electron chi connectivity index (χ4n) is 1.63. The first-order chi connectivity index (χ1) is 6.09. The van der Waals surface area contributed by atoms with E-state index in [0.29, 0.717) is 6.10 Å². The summed E-state index contributed by atoms with van der Waals surface area (Å²) in [6.07, 6.45) is 0.377. The number of nitrogens with zero attached hydrogens (tertiary/aromatic N) is 1. The summed E-state index contributed by atoms with van der Waals surface area (Å²) in [6, 6.07) is 0. The van der Waals surface area contributed by atoms with Crippen molar-refractivity contribution in [3.63, 3.8) is 0 Å². The second-order valence-electron chi connectivity index (χ2n) is 4.68. The third-order valence-electron chi connectivity index (χ3n) is 2.79. The fraction of sp³-hybridized carbons (Fsp3) is 1.00. The highest BCUT2D eigenvalue weighted by atomic mass is 16.5. The van der Waals surface area contributed by atoms with Gasteiger partial charge in [0.25, 0.3) is 0 Å². The summed E-state index contributed by atoms with van der Waals surface area (Å²) >= 11 is 0. The van der Waals surface area contributed by atoms with E-state index in [1.165, 1.54) is 13.1 Å². The molecule has 2 heteroatoms. The Bertz CT molecular complexity index is 139. The molecule has 0 radical (unpaired) electrons. The van der Waals surface area contributed by atoms with Crippen LogP contribution in [0.4, 0.5) is 0 Å². The number of ether oxygens (including phenoxy) is 1. The van der Waals surface area contributed by atoms with E-state index in [-0.39, 0.29) is 0 Å². The zero-order valence-corrected chi connectivity index (χ0v) is 9.42. The molecular formula is C11H23NO. The summed E-state index contributed by atoms with van der Waals surface area (Å²) in [4.78, 5) is 2.48. The van der Waals surface area contributed by atoms with Gasteiger partial charge in [-0.3, -0.25) is 0 Å². The molecule has 1 aliphatic rings. The van der Waals surface area contributed by atoms with Gasteiger partial charge in [0.15, 0.2) is 0 Å². The Hall–Kier alpha value is -0.0800. The molecule has 78 valence electrons. The maximum Gasteiger partial charge on any atom is 0.0596 e. The van der Waals surface area contributed by atoms with Crippen molar-refractivity contribution in [1.82, 2.24) is 4.90 Å². The molecule has 0 spiro atoms. The fourth-order valence-corrected chi connectivity index (χ4v) is 1.63. The van der Waals surface area contributed by atoms with Crippen molar-refractivity contribution in [3.05, 3.63) is 0 Å². The van der Waals surface area contributed by atoms with Crippen LogP contribution in [0.25, 0.3) is 0 Å². The van der Waals surface area contributed by atoms with Gasteiger partial charge in [0.1, 0.15) is 0 Å². The standard InChI is InChI=1S/C11H23NO/c1-9(2)11-7-12(8-11)5-6-13-10(3)4/h9-11H,5-8H2,1-4H3. The van der Waals surface area contributed by atoms with Gasteiger partial charge in [0.05, 0.1) is 12.7 Å². The lowest BCUT2D eigenvalue weighted by molar-refractivity contribution is 0.0130. The second-order valence-corrected chi connectivity index (χ2v) is 4.68. The van der Waals surface area contributed by atoms with Gasteiger partial charge in [-0.25, -0.2) is 0 Å². The van der Waals surface area contributed by atoms with Crippen LogP contribution < -0.4 is 0 Å². The molecule has 1 aliphatic heterocycles. The topological polar surface area (TPSA) is 12.5 Å². The first kappa shape index (κ1) is 11.0. The average Bonchev–Trinajstić information content (AvgIpc) is 1.92. The van der Waals surface area contributed by atoms with Crippen molar-refractivity contribution in [2.24, 2.45) is 11.8 Å². The van der Waals surface area contributed by atoms with Crippen molar-refractivity contribution in [2.75, 3.05) is 26.2 Å². The Balaban J connectivity index is 1.96. The van der Waals surface area contributed by atoms with Crippen molar-refractivity contribution in [1.29, 1.82) is 0 Å². The molecule has 0 aromatic heterocycles. The monoisotopic (exact) mass is 185 g/mol. The second kappa shape index (κ2) is 4.97. The van der Waals surface area contributed by atoms with E-state index in [0.717, 1.165) is 25.0 Å². The highest BCUT2D eigenvalue weighted by Crippen LogP contribution is 2.22. The lowest BCUT2D eigenvalue weighted by atomic mass is 9.88. The van der Waals surface area contributed by atoms with Crippen LogP contribution in [-0.2, 0) is 4.74 Å². The maximum atomic E-state index is 5.50. The first-order valence-electron chi connectivity index (χ1n) is 5.43. The molecule has 0 saturated carbocycles. The zero-order chi connectivity index (χ0) is 9.84. The molecule has 1 rings (SSSR count). The Morgan fingerprint density at radius 3 is 2.31 bits per heavy atom. The summed E-state index contributed by atoms with van der Waals surface area (Å²) < 4.78 is 5.50. The summed E-state index contributed by atoms with van der Waals surface area (Å²) in [5, 5.41) is 0. The molecule has 13 heavy (non-hydrogen) atoms. The first-order valence-corrected chi connectivity index (χ1v) is 5.43. The van der Waals surface area contributed by atoms with Gasteiger partial charge in [-0.05, 0) is 25.7 Å². The molecule has 2 nitrogen and oxygen atoms in total. The van der Waals surface area contributed by atoms with E-state index in [4.69, 9.17) is 4.74 Å². The van der Waals surface area contributed by atoms with Gasteiger partial charge in [0.2, 0.25) is 0 Å². The Kier molecular flexibility index (Phi) is 4.20. The summed E-state index contributed by atoms with van der Waals surface area (Å²) in [7, 11) is 0. The Labute approximate surface area is 82.3 Å². The van der Waals surface area contributed by atoms with Gasteiger partial charge < -0.3 is 9.64 Å². The summed E-state index contributed by atoms with van der Waals surface area (Å²) in [5.41, 5.74) is 0. The number of rotatable bonds is 5. The van der Waals surface area contributed by atoms with Crippen LogP contribution in [0, 0.1) is 11.8 Å². The van der Waals surface area contributed by atoms with Crippen LogP contribution >= 0.6 is 0 Å². The summed E-state index contributed by atoms with van der Waals surface area (Å²) in [5.74, 6) is 1.78. The normalized spacial score (nSPS) is 19.8. The lowest BCUT2D eigenvalue weighted by Crippen LogP contribution is -2.50. The van der Waals surface area contributed by atoms with Crippen molar-refractivity contribution in [2.45, 2.75) is 33.8 Å². The molecule has 0 unspecified atom stereocenters. The molecular weight excluding hydrogens is 162 g/mol. The molecule has 0 N–H and O–H groups in total. The molecule has 1 heterocycles. The minimum atomic E-state index is 0.377. The Morgan fingerprint density at radius 2 is 1.85 bits per heavy atom. The predicted molar refractivity (Wildman–Crippen MR) is 55.9 cm³/mol. The van der Waals surface area contributed by atoms with E-state index in [9.17, 15) is 0 Å². The van der Waals surface area contributed by atoms with Gasteiger partial charge in [0, 0.05) is 19.6 Å². The minimum absolute atomic E-state index is 0.377. The molecule has 0 aromatic rings. The number of hydrogen-bond donors (Lipinski definition) is 0. The Morgan fingerprint density at radius 1 is 1.23 bits per heavy atom. The third-order valence-corrected chi connectivity index (χ3v) is 2.79. The van der Waals surface area contributed by atoms with E-state index in [2.05, 4.69) is 32.6 Å². The molecule has 0 bridgehead atoms. The molecule has 0 aromatic carbocycles. The van der Waals surface area contributed by atoms with Gasteiger partial charge in [-0.1, -0.05) is 13.8 Å². The zero-order valence-electron chi connectivity index (χ0n) is 9.42. The van der Waals surface area contributed by atoms with Crippen LogP contribution in [0.15, 0.2) is 0 Å². The third kappa shape index (κ3) is 3.65. The van der Waals surface area contributed by atoms with Crippen LogP contribution in [0.3, 0.4) is 0 Å². The lowest BCUT2D eigenvalue weighted by Gasteiger charge is -2.41. The van der Waals surface area contributed by atoms with E-state index < -0.39 is 0 Å². The molecule has 1 fully saturated rings. The molecule has 0 atom stereocenters. The quantitative estimate of drug-likeness (QED) is 0.649. The average molecular weight is 185 g/mol. The van der Waals surface area contributed by atoms with Crippen LogP contribution in [0.5, 0.6) is 0 Å². The van der Waals surface area contributed by atoms with Gasteiger partial charge in [-0.15, -0.1) is 0 Å². The maximum absolute atomic E-state index is 5.50. The molecule has 0 aliphatic carbocycles. The predicted octanol–water partition coefficient (Wildman–Crippen LogP) is 2.00. The van der Waals surface area contributed by atoms with Crippen molar-refractivity contribution >= 4 is 0 Å².